The number of nitrogens with one attached hydrogen (secondary N) is 2. The summed E-state index contributed by atoms with van der Waals surface area (Å²) < 4.78 is 3.31. The van der Waals surface area contributed by atoms with Crippen molar-refractivity contribution >= 4 is 17.2 Å². The fourth-order valence-electron chi connectivity index (χ4n) is 3.87. The van der Waals surface area contributed by atoms with Crippen LogP contribution < -0.4 is 21.3 Å². The molecule has 1 fully saturated rings. The van der Waals surface area contributed by atoms with Gasteiger partial charge in [0.2, 0.25) is 0 Å². The molecule has 1 aliphatic carbocycles. The lowest BCUT2D eigenvalue weighted by Gasteiger charge is -2.13. The van der Waals surface area contributed by atoms with E-state index in [2.05, 4.69) is 15.3 Å². The monoisotopic (exact) mass is 387 g/mol. The van der Waals surface area contributed by atoms with E-state index in [1.54, 1.807) is 15.3 Å². The van der Waals surface area contributed by atoms with E-state index in [-0.39, 0.29) is 5.56 Å². The maximum Gasteiger partial charge on any atom is 0.363 e. The predicted octanol–water partition coefficient (Wildman–Crippen LogP) is 2.59. The molecule has 7 nitrogen and oxygen atoms in total. The third kappa shape index (κ3) is 3.14. The van der Waals surface area contributed by atoms with Crippen LogP contribution in [0.2, 0.25) is 0 Å². The Hall–Kier alpha value is -3.61. The van der Waals surface area contributed by atoms with Gasteiger partial charge < -0.3 is 16.0 Å². The number of nitrogens with zero attached hydrogens (tertiary/aromatic N) is 3. The molecule has 2 heterocycles. The van der Waals surface area contributed by atoms with E-state index in [1.165, 1.54) is 18.4 Å². The van der Waals surface area contributed by atoms with Gasteiger partial charge in [-0.15, -0.1) is 4.68 Å². The number of hydrogen-bond acceptors (Lipinski definition) is 4. The van der Waals surface area contributed by atoms with Crippen molar-refractivity contribution in [3.8, 4) is 11.4 Å². The zero-order valence-corrected chi connectivity index (χ0v) is 16.2. The van der Waals surface area contributed by atoms with Crippen LogP contribution >= 0.6 is 0 Å². The van der Waals surface area contributed by atoms with Crippen LogP contribution in [0, 0.1) is 0 Å². The number of fused-ring (bicyclic) bond motifs is 1. The molecular formula is C22H23N6O+. The molecule has 4 N–H and O–H groups in total. The van der Waals surface area contributed by atoms with Gasteiger partial charge in [0.25, 0.3) is 5.56 Å². The fourth-order valence-corrected chi connectivity index (χ4v) is 3.87. The highest BCUT2D eigenvalue weighted by atomic mass is 16.1. The summed E-state index contributed by atoms with van der Waals surface area (Å²) in [7, 11) is 1.84. The van der Waals surface area contributed by atoms with Gasteiger partial charge in [0.05, 0.1) is 12.1 Å². The van der Waals surface area contributed by atoms with Gasteiger partial charge in [-0.3, -0.25) is 4.79 Å². The number of hydrogen-bond donors (Lipinski definition) is 3. The van der Waals surface area contributed by atoms with Crippen LogP contribution in [0.3, 0.4) is 0 Å². The molecule has 146 valence electrons. The molecule has 0 radical (unpaired) electrons. The molecule has 0 unspecified atom stereocenters. The Balaban J connectivity index is 1.48. The van der Waals surface area contributed by atoms with Crippen molar-refractivity contribution in [2.45, 2.75) is 25.3 Å². The summed E-state index contributed by atoms with van der Waals surface area (Å²) in [6, 6.07) is 17.4. The van der Waals surface area contributed by atoms with Gasteiger partial charge in [0.15, 0.2) is 0 Å². The van der Waals surface area contributed by atoms with Gasteiger partial charge in [0.1, 0.15) is 7.05 Å². The van der Waals surface area contributed by atoms with Crippen molar-refractivity contribution in [3.63, 3.8) is 0 Å². The van der Waals surface area contributed by atoms with E-state index in [9.17, 15) is 4.79 Å². The third-order valence-electron chi connectivity index (χ3n) is 5.42. The number of aromatic amines is 1. The summed E-state index contributed by atoms with van der Waals surface area (Å²) in [5.74, 6) is 1.79. The van der Waals surface area contributed by atoms with E-state index < -0.39 is 0 Å². The van der Waals surface area contributed by atoms with Crippen LogP contribution in [0.25, 0.3) is 17.2 Å². The topological polar surface area (TPSA) is 92.1 Å². The Morgan fingerprint density at radius 2 is 2.00 bits per heavy atom. The first kappa shape index (κ1) is 17.5. The minimum absolute atomic E-state index is 0.122. The molecule has 2 aromatic heterocycles. The summed E-state index contributed by atoms with van der Waals surface area (Å²) in [5.41, 5.74) is 10.9. The van der Waals surface area contributed by atoms with Gasteiger partial charge in [-0.1, -0.05) is 28.8 Å². The van der Waals surface area contributed by atoms with Gasteiger partial charge >= 0.3 is 11.6 Å². The van der Waals surface area contributed by atoms with Gasteiger partial charge in [-0.05, 0) is 43.0 Å². The molecule has 1 saturated carbocycles. The number of H-pyrrole nitrogens is 1. The summed E-state index contributed by atoms with van der Waals surface area (Å²) >= 11 is 0. The normalized spacial score (nSPS) is 13.7. The standard InChI is InChI=1S/C22H22N6O/c1-27-21(15-6-3-2-4-7-15)26-22-25-16(12-19(29)28(22)27)13-24-18-9-5-8-17(23)20(18)14-10-11-14/h2-9,12,14,24H,10-11,13,23H2,1H3/p+1. The largest absolute Gasteiger partial charge is 0.398 e. The summed E-state index contributed by atoms with van der Waals surface area (Å²) in [6.07, 6.45) is 2.36. The van der Waals surface area contributed by atoms with Crippen LogP contribution in [0.1, 0.15) is 30.0 Å². The summed E-state index contributed by atoms with van der Waals surface area (Å²) in [5, 5.41) is 3.44. The van der Waals surface area contributed by atoms with Gasteiger partial charge in [-0.25, -0.2) is 0 Å². The van der Waals surface area contributed by atoms with Crippen LogP contribution in [0.5, 0.6) is 0 Å². The van der Waals surface area contributed by atoms with Crippen molar-refractivity contribution < 1.29 is 4.68 Å². The third-order valence-corrected chi connectivity index (χ3v) is 5.42. The molecule has 7 heteroatoms. The Morgan fingerprint density at radius 3 is 2.76 bits per heavy atom. The summed E-state index contributed by atoms with van der Waals surface area (Å²) in [4.78, 5) is 20.7. The molecule has 1 aliphatic rings. The maximum absolute atomic E-state index is 12.7. The molecular weight excluding hydrogens is 364 g/mol. The first-order valence-electron chi connectivity index (χ1n) is 9.80. The van der Waals surface area contributed by atoms with Crippen LogP contribution in [0.15, 0.2) is 59.4 Å². The average molecular weight is 387 g/mol. The lowest BCUT2D eigenvalue weighted by molar-refractivity contribution is -0.729. The zero-order valence-electron chi connectivity index (χ0n) is 16.2. The van der Waals surface area contributed by atoms with Gasteiger partial charge in [0, 0.05) is 33.7 Å². The van der Waals surface area contributed by atoms with Crippen LogP contribution in [-0.2, 0) is 13.6 Å². The molecule has 0 saturated heterocycles. The number of nitrogen functional groups attached to an aromatic ring is 1. The second kappa shape index (κ2) is 6.77. The molecule has 0 aliphatic heterocycles. The number of benzene rings is 2. The fraction of sp³-hybridized carbons (Fsp3) is 0.227. The summed E-state index contributed by atoms with van der Waals surface area (Å²) in [6.45, 7) is 0.492. The van der Waals surface area contributed by atoms with Crippen molar-refractivity contribution in [2.24, 2.45) is 7.05 Å². The Kier molecular flexibility index (Phi) is 4.08. The number of aromatic nitrogens is 4. The van der Waals surface area contributed by atoms with E-state index in [0.717, 1.165) is 28.5 Å². The Bertz CT molecular complexity index is 1250. The van der Waals surface area contributed by atoms with Crippen molar-refractivity contribution in [1.29, 1.82) is 0 Å². The van der Waals surface area contributed by atoms with E-state index in [0.29, 0.717) is 18.2 Å². The molecule has 29 heavy (non-hydrogen) atoms. The molecule has 0 amide bonds. The second-order valence-electron chi connectivity index (χ2n) is 7.53. The van der Waals surface area contributed by atoms with Crippen LogP contribution in [0.4, 0.5) is 11.4 Å². The first-order chi connectivity index (χ1) is 14.1. The highest BCUT2D eigenvalue weighted by Crippen LogP contribution is 2.46. The van der Waals surface area contributed by atoms with Crippen molar-refractivity contribution in [2.75, 3.05) is 11.1 Å². The lowest BCUT2D eigenvalue weighted by atomic mass is 10.1. The zero-order chi connectivity index (χ0) is 20.0. The molecule has 0 spiro atoms. The smallest absolute Gasteiger partial charge is 0.363 e. The molecule has 2 aromatic carbocycles. The minimum atomic E-state index is -0.122. The molecule has 5 rings (SSSR count). The highest BCUT2D eigenvalue weighted by molar-refractivity contribution is 5.66. The predicted molar refractivity (Wildman–Crippen MR) is 113 cm³/mol. The molecule has 0 atom stereocenters. The quantitative estimate of drug-likeness (QED) is 0.363. The average Bonchev–Trinajstić information content (AvgIpc) is 3.50. The second-order valence-corrected chi connectivity index (χ2v) is 7.53. The highest BCUT2D eigenvalue weighted by Gasteiger charge is 2.28. The van der Waals surface area contributed by atoms with E-state index >= 15 is 0 Å². The van der Waals surface area contributed by atoms with Crippen molar-refractivity contribution in [1.82, 2.24) is 14.5 Å². The lowest BCUT2D eigenvalue weighted by Crippen LogP contribution is -2.42. The Labute approximate surface area is 167 Å². The molecule has 0 bridgehead atoms. The number of aryl methyl sites for hydroxylation is 1. The van der Waals surface area contributed by atoms with E-state index in [4.69, 9.17) is 5.73 Å². The SMILES string of the molecule is C[n+]1c(-c2ccccc2)nc2[nH]c(CNc3cccc(N)c3C3CC3)cc(=O)n21. The Morgan fingerprint density at radius 1 is 1.21 bits per heavy atom. The maximum atomic E-state index is 12.7. The number of anilines is 2. The molecule has 4 aromatic rings. The van der Waals surface area contributed by atoms with Gasteiger partial charge in [-0.2, -0.15) is 0 Å². The minimum Gasteiger partial charge on any atom is -0.398 e. The van der Waals surface area contributed by atoms with E-state index in [1.807, 2.05) is 55.6 Å². The first-order valence-corrected chi connectivity index (χ1v) is 9.80. The van der Waals surface area contributed by atoms with Crippen LogP contribution in [-0.4, -0.2) is 14.5 Å². The number of rotatable bonds is 5. The van der Waals surface area contributed by atoms with Crippen molar-refractivity contribution in [3.05, 3.63) is 76.2 Å². The number of nitrogens with two attached hydrogens (primary N) is 1.